The van der Waals surface area contributed by atoms with Gasteiger partial charge in [0.1, 0.15) is 17.6 Å². The highest BCUT2D eigenvalue weighted by Crippen LogP contribution is 2.39. The van der Waals surface area contributed by atoms with Gasteiger partial charge in [0, 0.05) is 25.0 Å². The summed E-state index contributed by atoms with van der Waals surface area (Å²) in [6.07, 6.45) is 12.0. The molecule has 2 rings (SSSR count). The van der Waals surface area contributed by atoms with Crippen LogP contribution in [0, 0.1) is 17.8 Å². The number of hydrogen-bond donors (Lipinski definition) is 2. The summed E-state index contributed by atoms with van der Waals surface area (Å²) in [5.41, 5.74) is 7.50. The van der Waals surface area contributed by atoms with Gasteiger partial charge in [-0.2, -0.15) is 0 Å². The van der Waals surface area contributed by atoms with E-state index in [1.807, 2.05) is 13.0 Å². The molecule has 0 saturated heterocycles. The molecule has 2 aliphatic rings. The van der Waals surface area contributed by atoms with Gasteiger partial charge in [-0.25, -0.2) is 4.39 Å². The van der Waals surface area contributed by atoms with E-state index < -0.39 is 12.2 Å². The molecule has 4 nitrogen and oxygen atoms in total. The molecule has 7 atom stereocenters. The van der Waals surface area contributed by atoms with Crippen molar-refractivity contribution in [3.63, 3.8) is 0 Å². The number of alkyl halides is 1. The lowest BCUT2D eigenvalue weighted by atomic mass is 9.68. The fourth-order valence-electron chi connectivity index (χ4n) is 4.70. The number of rotatable bonds is 13. The third kappa shape index (κ3) is 7.28. The zero-order valence-corrected chi connectivity index (χ0v) is 19.5. The Morgan fingerprint density at radius 2 is 2.20 bits per heavy atom. The predicted octanol–water partition coefficient (Wildman–Crippen LogP) is 4.96. The number of carbonyl (C=O) groups is 1. The lowest BCUT2D eigenvalue weighted by molar-refractivity contribution is -0.109. The summed E-state index contributed by atoms with van der Waals surface area (Å²) in [5, 5.41) is 4.20. The molecule has 1 fully saturated rings. The summed E-state index contributed by atoms with van der Waals surface area (Å²) < 4.78 is 14.2. The van der Waals surface area contributed by atoms with E-state index in [-0.39, 0.29) is 12.0 Å². The lowest BCUT2D eigenvalue weighted by Crippen LogP contribution is -2.49. The van der Waals surface area contributed by atoms with Gasteiger partial charge in [-0.1, -0.05) is 49.2 Å². The number of nitrogens with one attached hydrogen (secondary N) is 1. The number of aliphatic imine (C=N–C) groups is 1. The normalized spacial score (nSPS) is 28.3. The standard InChI is InChI=1S/C24H39ClFN3O/c1-4-17(18-7-6-8-20(27)13-18)15-28-22-10-9-21(22)19(11-12-30)14-23(16(3)26)29-24(25)5-2/h6-8,12,16-17,19-23,28H,4-5,9-11,13-15,27H2,1-3H3. The fourth-order valence-corrected chi connectivity index (χ4v) is 4.83. The Hall–Kier alpha value is -1.04. The van der Waals surface area contributed by atoms with Crippen LogP contribution in [0.15, 0.2) is 28.8 Å². The molecule has 3 N–H and O–H groups in total. The topological polar surface area (TPSA) is 67.5 Å². The highest BCUT2D eigenvalue weighted by atomic mass is 35.5. The van der Waals surface area contributed by atoms with Crippen LogP contribution in [-0.4, -0.2) is 42.3 Å². The van der Waals surface area contributed by atoms with Gasteiger partial charge in [0.25, 0.3) is 0 Å². The molecule has 0 aromatic heterocycles. The fraction of sp³-hybridized carbons (Fsp3) is 0.750. The highest BCUT2D eigenvalue weighted by Gasteiger charge is 2.38. The van der Waals surface area contributed by atoms with Gasteiger partial charge in [-0.05, 0) is 63.2 Å². The van der Waals surface area contributed by atoms with Crippen LogP contribution in [0.4, 0.5) is 4.39 Å². The Kier molecular flexibility index (Phi) is 10.7. The molecule has 2 aliphatic carbocycles. The van der Waals surface area contributed by atoms with Crippen molar-refractivity contribution in [1.29, 1.82) is 0 Å². The third-order valence-electron chi connectivity index (χ3n) is 6.79. The molecule has 0 amide bonds. The Morgan fingerprint density at radius 1 is 1.43 bits per heavy atom. The molecule has 0 spiro atoms. The van der Waals surface area contributed by atoms with E-state index in [0.29, 0.717) is 42.3 Å². The smallest absolute Gasteiger partial charge is 0.120 e. The molecule has 0 aromatic rings. The Balaban J connectivity index is 1.98. The first kappa shape index (κ1) is 25.2. The minimum Gasteiger partial charge on any atom is -0.324 e. The van der Waals surface area contributed by atoms with E-state index in [0.717, 1.165) is 38.5 Å². The van der Waals surface area contributed by atoms with Crippen molar-refractivity contribution < 1.29 is 9.18 Å². The van der Waals surface area contributed by atoms with Crippen LogP contribution in [-0.2, 0) is 4.79 Å². The first-order valence-electron chi connectivity index (χ1n) is 11.6. The molecule has 0 heterocycles. The van der Waals surface area contributed by atoms with Gasteiger partial charge in [0.15, 0.2) is 0 Å². The molecular weight excluding hydrogens is 401 g/mol. The van der Waals surface area contributed by atoms with Crippen molar-refractivity contribution in [2.24, 2.45) is 28.5 Å². The van der Waals surface area contributed by atoms with Crippen LogP contribution in [0.5, 0.6) is 0 Å². The second-order valence-corrected chi connectivity index (χ2v) is 9.29. The number of hydrogen-bond acceptors (Lipinski definition) is 4. The van der Waals surface area contributed by atoms with Gasteiger partial charge < -0.3 is 15.8 Å². The van der Waals surface area contributed by atoms with E-state index in [9.17, 15) is 9.18 Å². The van der Waals surface area contributed by atoms with Crippen LogP contribution in [0.3, 0.4) is 0 Å². The van der Waals surface area contributed by atoms with Crippen molar-refractivity contribution in [2.45, 2.75) is 90.0 Å². The van der Waals surface area contributed by atoms with Gasteiger partial charge in [-0.15, -0.1) is 0 Å². The Morgan fingerprint density at radius 3 is 2.73 bits per heavy atom. The summed E-state index contributed by atoms with van der Waals surface area (Å²) in [5.74, 6) is 0.984. The Bertz CT molecular complexity index is 634. The lowest BCUT2D eigenvalue weighted by Gasteiger charge is -2.43. The van der Waals surface area contributed by atoms with Crippen LogP contribution in [0.1, 0.15) is 65.7 Å². The molecule has 6 heteroatoms. The average Bonchev–Trinajstić information content (AvgIpc) is 2.69. The summed E-state index contributed by atoms with van der Waals surface area (Å²) in [4.78, 5) is 15.7. The molecule has 30 heavy (non-hydrogen) atoms. The molecule has 170 valence electrons. The first-order chi connectivity index (χ1) is 14.4. The van der Waals surface area contributed by atoms with Gasteiger partial charge in [-0.3, -0.25) is 4.99 Å². The summed E-state index contributed by atoms with van der Waals surface area (Å²) in [6, 6.07) is 0.00825. The molecule has 0 aliphatic heterocycles. The van der Waals surface area contributed by atoms with Crippen molar-refractivity contribution >= 4 is 23.1 Å². The monoisotopic (exact) mass is 439 g/mol. The summed E-state index contributed by atoms with van der Waals surface area (Å²) >= 11 is 6.09. The quantitative estimate of drug-likeness (QED) is 0.314. The minimum atomic E-state index is -1.08. The van der Waals surface area contributed by atoms with Crippen LogP contribution >= 0.6 is 11.6 Å². The average molecular weight is 440 g/mol. The molecular formula is C24H39ClFN3O. The summed E-state index contributed by atoms with van der Waals surface area (Å²) in [6.45, 7) is 6.58. The maximum absolute atomic E-state index is 14.2. The van der Waals surface area contributed by atoms with Crippen molar-refractivity contribution in [2.75, 3.05) is 6.54 Å². The van der Waals surface area contributed by atoms with E-state index in [1.54, 1.807) is 0 Å². The Labute approximate surface area is 186 Å². The number of aldehydes is 1. The van der Waals surface area contributed by atoms with Gasteiger partial charge in [0.2, 0.25) is 0 Å². The maximum atomic E-state index is 14.2. The van der Waals surface area contributed by atoms with Crippen molar-refractivity contribution in [3.8, 4) is 0 Å². The molecule has 0 aromatic carbocycles. The SMILES string of the molecule is CCC(Cl)=NC(CC(CC=O)C1CCC1NCC(CC)C1=CC=CC(N)C1)C(C)F. The number of nitrogens with two attached hydrogens (primary N) is 1. The van der Waals surface area contributed by atoms with Crippen LogP contribution in [0.2, 0.25) is 0 Å². The second kappa shape index (κ2) is 12.7. The minimum absolute atomic E-state index is 0.114. The molecule has 1 saturated carbocycles. The summed E-state index contributed by atoms with van der Waals surface area (Å²) in [7, 11) is 0. The number of carbonyl (C=O) groups excluding carboxylic acids is 1. The van der Waals surface area contributed by atoms with E-state index in [4.69, 9.17) is 17.3 Å². The maximum Gasteiger partial charge on any atom is 0.120 e. The zero-order chi connectivity index (χ0) is 22.1. The van der Waals surface area contributed by atoms with Crippen LogP contribution < -0.4 is 11.1 Å². The number of nitrogens with zero attached hydrogens (tertiary/aromatic N) is 1. The highest BCUT2D eigenvalue weighted by molar-refractivity contribution is 6.65. The largest absolute Gasteiger partial charge is 0.324 e. The number of halogens is 2. The van der Waals surface area contributed by atoms with Crippen molar-refractivity contribution in [1.82, 2.24) is 5.32 Å². The molecule has 0 radical (unpaired) electrons. The molecule has 7 unspecified atom stereocenters. The van der Waals surface area contributed by atoms with E-state index in [2.05, 4.69) is 29.4 Å². The van der Waals surface area contributed by atoms with E-state index >= 15 is 0 Å². The predicted molar refractivity (Wildman–Crippen MR) is 125 cm³/mol. The van der Waals surface area contributed by atoms with Gasteiger partial charge in [0.05, 0.1) is 6.04 Å². The molecule has 0 bridgehead atoms. The zero-order valence-electron chi connectivity index (χ0n) is 18.7. The first-order valence-corrected chi connectivity index (χ1v) is 11.9. The van der Waals surface area contributed by atoms with E-state index in [1.165, 1.54) is 12.5 Å². The van der Waals surface area contributed by atoms with Crippen LogP contribution in [0.25, 0.3) is 0 Å². The van der Waals surface area contributed by atoms with Gasteiger partial charge >= 0.3 is 0 Å². The third-order valence-corrected chi connectivity index (χ3v) is 7.15. The van der Waals surface area contributed by atoms with Crippen molar-refractivity contribution in [3.05, 3.63) is 23.8 Å². The second-order valence-electron chi connectivity index (χ2n) is 8.86. The number of allylic oxidation sites excluding steroid dienone is 2.